The summed E-state index contributed by atoms with van der Waals surface area (Å²) in [5.41, 5.74) is 4.84. The van der Waals surface area contributed by atoms with Crippen molar-refractivity contribution in [3.8, 4) is 6.07 Å². The molecular formula is C22H21ClN6. The van der Waals surface area contributed by atoms with E-state index < -0.39 is 0 Å². The maximum absolute atomic E-state index is 9.30. The van der Waals surface area contributed by atoms with Crippen LogP contribution in [0.25, 0.3) is 0 Å². The van der Waals surface area contributed by atoms with Crippen LogP contribution >= 0.6 is 11.6 Å². The van der Waals surface area contributed by atoms with Gasteiger partial charge < -0.3 is 9.80 Å². The SMILES string of the molecule is Cc1cc(N2CCN(c3ccncc3C#N)CC2)nnc1Cc1ccc(Cl)cc1. The van der Waals surface area contributed by atoms with E-state index in [2.05, 4.69) is 44.0 Å². The Morgan fingerprint density at radius 1 is 1.03 bits per heavy atom. The number of aromatic nitrogens is 3. The van der Waals surface area contributed by atoms with E-state index in [0.29, 0.717) is 5.56 Å². The third-order valence-corrected chi connectivity index (χ3v) is 5.47. The lowest BCUT2D eigenvalue weighted by Gasteiger charge is -2.36. The van der Waals surface area contributed by atoms with Crippen molar-refractivity contribution in [1.29, 1.82) is 5.26 Å². The van der Waals surface area contributed by atoms with Crippen LogP contribution in [-0.4, -0.2) is 41.4 Å². The smallest absolute Gasteiger partial charge is 0.151 e. The second kappa shape index (κ2) is 8.46. The van der Waals surface area contributed by atoms with Crippen LogP contribution in [0.4, 0.5) is 11.5 Å². The summed E-state index contributed by atoms with van der Waals surface area (Å²) in [6.07, 6.45) is 4.09. The molecule has 1 aromatic carbocycles. The fourth-order valence-electron chi connectivity index (χ4n) is 3.55. The van der Waals surface area contributed by atoms with Crippen LogP contribution in [0, 0.1) is 18.3 Å². The molecule has 4 rings (SSSR count). The van der Waals surface area contributed by atoms with Crippen molar-refractivity contribution in [3.63, 3.8) is 0 Å². The summed E-state index contributed by atoms with van der Waals surface area (Å²) in [6, 6.07) is 14.1. The van der Waals surface area contributed by atoms with Gasteiger partial charge in [0, 0.05) is 50.0 Å². The molecule has 3 aromatic rings. The summed E-state index contributed by atoms with van der Waals surface area (Å²) < 4.78 is 0. The topological polar surface area (TPSA) is 68.9 Å². The minimum atomic E-state index is 0.614. The lowest BCUT2D eigenvalue weighted by Crippen LogP contribution is -2.47. The highest BCUT2D eigenvalue weighted by molar-refractivity contribution is 6.30. The zero-order valence-electron chi connectivity index (χ0n) is 16.2. The van der Waals surface area contributed by atoms with Crippen LogP contribution in [0.3, 0.4) is 0 Å². The monoisotopic (exact) mass is 404 g/mol. The standard InChI is InChI=1S/C22H21ClN6/c1-16-12-22(27-26-20(16)13-17-2-4-19(23)5-3-17)29-10-8-28(9-11-29)21-6-7-25-15-18(21)14-24/h2-7,12,15H,8-11,13H2,1H3. The van der Waals surface area contributed by atoms with Gasteiger partial charge in [-0.2, -0.15) is 10.4 Å². The molecular weight excluding hydrogens is 384 g/mol. The van der Waals surface area contributed by atoms with E-state index >= 15 is 0 Å². The lowest BCUT2D eigenvalue weighted by molar-refractivity contribution is 0.641. The first-order valence-electron chi connectivity index (χ1n) is 9.55. The van der Waals surface area contributed by atoms with Crippen molar-refractivity contribution < 1.29 is 0 Å². The van der Waals surface area contributed by atoms with E-state index in [4.69, 9.17) is 11.6 Å². The molecule has 3 heterocycles. The van der Waals surface area contributed by atoms with E-state index in [1.54, 1.807) is 12.4 Å². The highest BCUT2D eigenvalue weighted by Crippen LogP contribution is 2.23. The molecule has 1 fully saturated rings. The van der Waals surface area contributed by atoms with E-state index in [0.717, 1.165) is 60.4 Å². The predicted octanol–water partition coefficient (Wildman–Crippen LogP) is 3.62. The number of pyridine rings is 1. The Hall–Kier alpha value is -3.17. The molecule has 1 aliphatic rings. The number of hydrogen-bond donors (Lipinski definition) is 0. The van der Waals surface area contributed by atoms with Gasteiger partial charge in [-0.25, -0.2) is 0 Å². The Morgan fingerprint density at radius 3 is 2.45 bits per heavy atom. The van der Waals surface area contributed by atoms with Gasteiger partial charge in [0.05, 0.1) is 16.9 Å². The molecule has 0 amide bonds. The molecule has 1 aliphatic heterocycles. The Labute approximate surface area is 175 Å². The molecule has 146 valence electrons. The average molecular weight is 405 g/mol. The lowest BCUT2D eigenvalue weighted by atomic mass is 10.1. The first-order chi connectivity index (χ1) is 14.1. The summed E-state index contributed by atoms with van der Waals surface area (Å²) in [5, 5.41) is 19.0. The van der Waals surface area contributed by atoms with Crippen molar-refractivity contribution in [1.82, 2.24) is 15.2 Å². The van der Waals surface area contributed by atoms with Gasteiger partial charge in [0.15, 0.2) is 5.82 Å². The number of piperazine rings is 1. The number of aryl methyl sites for hydroxylation is 1. The molecule has 7 heteroatoms. The van der Waals surface area contributed by atoms with Crippen LogP contribution in [0.15, 0.2) is 48.8 Å². The van der Waals surface area contributed by atoms with Gasteiger partial charge >= 0.3 is 0 Å². The van der Waals surface area contributed by atoms with Crippen LogP contribution in [-0.2, 0) is 6.42 Å². The summed E-state index contributed by atoms with van der Waals surface area (Å²) in [4.78, 5) is 8.52. The largest absolute Gasteiger partial charge is 0.367 e. The molecule has 2 aromatic heterocycles. The quantitative estimate of drug-likeness (QED) is 0.661. The molecule has 0 N–H and O–H groups in total. The minimum Gasteiger partial charge on any atom is -0.367 e. The van der Waals surface area contributed by atoms with Crippen molar-refractivity contribution in [3.05, 3.63) is 76.2 Å². The van der Waals surface area contributed by atoms with Crippen molar-refractivity contribution in [2.45, 2.75) is 13.3 Å². The zero-order valence-corrected chi connectivity index (χ0v) is 17.0. The van der Waals surface area contributed by atoms with Crippen LogP contribution in [0.1, 0.15) is 22.4 Å². The van der Waals surface area contributed by atoms with Gasteiger partial charge in [0.1, 0.15) is 6.07 Å². The summed E-state index contributed by atoms with van der Waals surface area (Å²) in [6.45, 7) is 5.39. The van der Waals surface area contributed by atoms with Crippen molar-refractivity contribution in [2.24, 2.45) is 0 Å². The Morgan fingerprint density at radius 2 is 1.76 bits per heavy atom. The maximum atomic E-state index is 9.30. The molecule has 0 radical (unpaired) electrons. The average Bonchev–Trinajstić information content (AvgIpc) is 2.77. The Bertz CT molecular complexity index is 1040. The van der Waals surface area contributed by atoms with Crippen molar-refractivity contribution >= 4 is 23.1 Å². The van der Waals surface area contributed by atoms with Gasteiger partial charge in [0.2, 0.25) is 0 Å². The van der Waals surface area contributed by atoms with Crippen LogP contribution in [0.2, 0.25) is 5.02 Å². The van der Waals surface area contributed by atoms with Gasteiger partial charge in [-0.05, 0) is 42.3 Å². The zero-order chi connectivity index (χ0) is 20.2. The number of rotatable bonds is 4. The van der Waals surface area contributed by atoms with E-state index in [1.165, 1.54) is 5.56 Å². The minimum absolute atomic E-state index is 0.614. The first kappa shape index (κ1) is 19.2. The van der Waals surface area contributed by atoms with E-state index in [1.807, 2.05) is 30.3 Å². The normalized spacial score (nSPS) is 14.0. The van der Waals surface area contributed by atoms with Gasteiger partial charge in [-0.3, -0.25) is 4.98 Å². The molecule has 0 bridgehead atoms. The number of anilines is 2. The predicted molar refractivity (Wildman–Crippen MR) is 114 cm³/mol. The third kappa shape index (κ3) is 4.30. The number of benzene rings is 1. The molecule has 1 saturated heterocycles. The van der Waals surface area contributed by atoms with Gasteiger partial charge in [-0.1, -0.05) is 23.7 Å². The first-order valence-corrected chi connectivity index (χ1v) is 9.93. The summed E-state index contributed by atoms with van der Waals surface area (Å²) in [7, 11) is 0. The van der Waals surface area contributed by atoms with E-state index in [-0.39, 0.29) is 0 Å². The van der Waals surface area contributed by atoms with E-state index in [9.17, 15) is 5.26 Å². The number of nitriles is 1. The van der Waals surface area contributed by atoms with Crippen molar-refractivity contribution in [2.75, 3.05) is 36.0 Å². The molecule has 0 aliphatic carbocycles. The molecule has 29 heavy (non-hydrogen) atoms. The fraction of sp³-hybridized carbons (Fsp3) is 0.273. The van der Waals surface area contributed by atoms with Gasteiger partial charge in [-0.15, -0.1) is 5.10 Å². The number of nitrogens with zero attached hydrogens (tertiary/aromatic N) is 6. The highest BCUT2D eigenvalue weighted by atomic mass is 35.5. The highest BCUT2D eigenvalue weighted by Gasteiger charge is 2.21. The molecule has 0 atom stereocenters. The fourth-order valence-corrected chi connectivity index (χ4v) is 3.67. The molecule has 6 nitrogen and oxygen atoms in total. The van der Waals surface area contributed by atoms with Crippen LogP contribution in [0.5, 0.6) is 0 Å². The summed E-state index contributed by atoms with van der Waals surface area (Å²) in [5.74, 6) is 0.900. The molecule has 0 saturated carbocycles. The second-order valence-electron chi connectivity index (χ2n) is 7.11. The van der Waals surface area contributed by atoms with Crippen LogP contribution < -0.4 is 9.80 Å². The second-order valence-corrected chi connectivity index (χ2v) is 7.55. The maximum Gasteiger partial charge on any atom is 0.151 e. The van der Waals surface area contributed by atoms with Gasteiger partial charge in [0.25, 0.3) is 0 Å². The third-order valence-electron chi connectivity index (χ3n) is 5.22. The summed E-state index contributed by atoms with van der Waals surface area (Å²) >= 11 is 5.96. The number of hydrogen-bond acceptors (Lipinski definition) is 6. The Kier molecular flexibility index (Phi) is 5.59. The molecule has 0 spiro atoms. The molecule has 0 unspecified atom stereocenters. The Balaban J connectivity index is 1.43. The number of halogens is 1.